The minimum absolute atomic E-state index is 0.00323. The predicted molar refractivity (Wildman–Crippen MR) is 91.4 cm³/mol. The highest BCUT2D eigenvalue weighted by molar-refractivity contribution is 9.10. The van der Waals surface area contributed by atoms with Gasteiger partial charge in [-0.25, -0.2) is 0 Å². The van der Waals surface area contributed by atoms with Gasteiger partial charge >= 0.3 is 0 Å². The van der Waals surface area contributed by atoms with E-state index in [1.165, 1.54) is 0 Å². The maximum absolute atomic E-state index is 12.0. The zero-order valence-electron chi connectivity index (χ0n) is 13.2. The van der Waals surface area contributed by atoms with Crippen molar-refractivity contribution in [1.82, 2.24) is 15.5 Å². The zero-order valence-corrected chi connectivity index (χ0v) is 14.8. The van der Waals surface area contributed by atoms with Gasteiger partial charge in [0.2, 0.25) is 11.8 Å². The third-order valence-corrected chi connectivity index (χ3v) is 4.06. The maximum atomic E-state index is 12.0. The van der Waals surface area contributed by atoms with Gasteiger partial charge in [-0.05, 0) is 31.6 Å². The third kappa shape index (κ3) is 7.04. The van der Waals surface area contributed by atoms with Crippen LogP contribution in [-0.2, 0) is 16.1 Å². The van der Waals surface area contributed by atoms with Crippen LogP contribution >= 0.6 is 15.9 Å². The van der Waals surface area contributed by atoms with Crippen molar-refractivity contribution in [3.8, 4) is 0 Å². The first-order valence-corrected chi connectivity index (χ1v) is 8.22. The van der Waals surface area contributed by atoms with Gasteiger partial charge in [0.05, 0.1) is 0 Å². The van der Waals surface area contributed by atoms with Crippen LogP contribution in [-0.4, -0.2) is 43.9 Å². The van der Waals surface area contributed by atoms with Gasteiger partial charge in [-0.3, -0.25) is 9.59 Å². The molecule has 0 aromatic heterocycles. The van der Waals surface area contributed by atoms with Crippen LogP contribution in [0.4, 0.5) is 0 Å². The molecule has 2 N–H and O–H groups in total. The Morgan fingerprint density at radius 2 is 1.91 bits per heavy atom. The Morgan fingerprint density at radius 1 is 1.18 bits per heavy atom. The number of rotatable bonds is 9. The van der Waals surface area contributed by atoms with Gasteiger partial charge in [-0.15, -0.1) is 0 Å². The summed E-state index contributed by atoms with van der Waals surface area (Å²) in [4.78, 5) is 25.3. The number of nitrogens with zero attached hydrogens (tertiary/aromatic N) is 1. The lowest BCUT2D eigenvalue weighted by atomic mass is 10.2. The quantitative estimate of drug-likeness (QED) is 0.653. The van der Waals surface area contributed by atoms with E-state index in [-0.39, 0.29) is 11.8 Å². The standard InChI is InChI=1S/C16H24BrN3O2/c1-18-10-5-8-15(21)19-11-9-16(22)20(2)12-13-6-3-4-7-14(13)17/h3-4,6-7,18H,5,8-12H2,1-2H3,(H,19,21). The fourth-order valence-corrected chi connectivity index (χ4v) is 2.39. The van der Waals surface area contributed by atoms with Crippen molar-refractivity contribution >= 4 is 27.7 Å². The second kappa shape index (κ2) is 10.3. The van der Waals surface area contributed by atoms with E-state index in [0.29, 0.717) is 25.9 Å². The van der Waals surface area contributed by atoms with Crippen LogP contribution in [0.25, 0.3) is 0 Å². The monoisotopic (exact) mass is 369 g/mol. The lowest BCUT2D eigenvalue weighted by Gasteiger charge is -2.18. The molecule has 0 atom stereocenters. The molecule has 0 saturated heterocycles. The van der Waals surface area contributed by atoms with E-state index in [1.54, 1.807) is 11.9 Å². The summed E-state index contributed by atoms with van der Waals surface area (Å²) in [5.74, 6) is 0.0165. The fourth-order valence-electron chi connectivity index (χ4n) is 1.98. The van der Waals surface area contributed by atoms with Crippen molar-refractivity contribution in [2.45, 2.75) is 25.8 Å². The van der Waals surface area contributed by atoms with Gasteiger partial charge in [0, 0.05) is 37.5 Å². The first kappa shape index (κ1) is 18.6. The molecule has 0 unspecified atom stereocenters. The number of benzene rings is 1. The highest BCUT2D eigenvalue weighted by atomic mass is 79.9. The van der Waals surface area contributed by atoms with Gasteiger partial charge in [-0.2, -0.15) is 0 Å². The first-order valence-electron chi connectivity index (χ1n) is 7.43. The van der Waals surface area contributed by atoms with E-state index >= 15 is 0 Å². The Bertz CT molecular complexity index is 494. The van der Waals surface area contributed by atoms with Crippen LogP contribution in [0.15, 0.2) is 28.7 Å². The molecular formula is C16H24BrN3O2. The SMILES string of the molecule is CNCCCC(=O)NCCC(=O)N(C)Cc1ccccc1Br. The molecule has 0 heterocycles. The molecule has 1 aromatic carbocycles. The van der Waals surface area contributed by atoms with Crippen LogP contribution in [0.1, 0.15) is 24.8 Å². The van der Waals surface area contributed by atoms with Crippen molar-refractivity contribution in [1.29, 1.82) is 0 Å². The van der Waals surface area contributed by atoms with Gasteiger partial charge in [0.25, 0.3) is 0 Å². The minimum atomic E-state index is -0.00323. The van der Waals surface area contributed by atoms with Crippen LogP contribution < -0.4 is 10.6 Å². The molecule has 0 aliphatic rings. The number of carbonyl (C=O) groups excluding carboxylic acids is 2. The number of nitrogens with one attached hydrogen (secondary N) is 2. The number of amides is 2. The summed E-state index contributed by atoms with van der Waals surface area (Å²) in [5.41, 5.74) is 1.06. The number of hydrogen-bond donors (Lipinski definition) is 2. The van der Waals surface area contributed by atoms with Crippen molar-refractivity contribution in [3.05, 3.63) is 34.3 Å². The second-order valence-electron chi connectivity index (χ2n) is 5.15. The largest absolute Gasteiger partial charge is 0.356 e. The molecular weight excluding hydrogens is 346 g/mol. The van der Waals surface area contributed by atoms with E-state index in [9.17, 15) is 9.59 Å². The predicted octanol–water partition coefficient (Wildman–Crippen LogP) is 1.91. The summed E-state index contributed by atoms with van der Waals surface area (Å²) in [7, 11) is 3.63. The van der Waals surface area contributed by atoms with E-state index < -0.39 is 0 Å². The highest BCUT2D eigenvalue weighted by Gasteiger charge is 2.11. The molecule has 2 amide bonds. The van der Waals surface area contributed by atoms with Crippen LogP contribution in [0.2, 0.25) is 0 Å². The van der Waals surface area contributed by atoms with Crippen LogP contribution in [0, 0.1) is 0 Å². The van der Waals surface area contributed by atoms with E-state index in [2.05, 4.69) is 26.6 Å². The molecule has 0 radical (unpaired) electrons. The molecule has 0 bridgehead atoms. The lowest BCUT2D eigenvalue weighted by molar-refractivity contribution is -0.130. The maximum Gasteiger partial charge on any atom is 0.224 e. The summed E-state index contributed by atoms with van der Waals surface area (Å²) in [5, 5.41) is 5.77. The summed E-state index contributed by atoms with van der Waals surface area (Å²) in [6, 6.07) is 7.83. The first-order chi connectivity index (χ1) is 10.5. The molecule has 0 fully saturated rings. The summed E-state index contributed by atoms with van der Waals surface area (Å²) >= 11 is 3.48. The molecule has 1 rings (SSSR count). The fraction of sp³-hybridized carbons (Fsp3) is 0.500. The number of hydrogen-bond acceptors (Lipinski definition) is 3. The lowest BCUT2D eigenvalue weighted by Crippen LogP contribution is -2.32. The van der Waals surface area contributed by atoms with E-state index in [0.717, 1.165) is 23.0 Å². The molecule has 1 aromatic rings. The molecule has 0 spiro atoms. The van der Waals surface area contributed by atoms with Gasteiger partial charge in [0.15, 0.2) is 0 Å². The molecule has 0 saturated carbocycles. The van der Waals surface area contributed by atoms with Crippen LogP contribution in [0.5, 0.6) is 0 Å². The second-order valence-corrected chi connectivity index (χ2v) is 6.00. The molecule has 122 valence electrons. The Labute approximate surface area is 140 Å². The summed E-state index contributed by atoms with van der Waals surface area (Å²) < 4.78 is 0.993. The van der Waals surface area contributed by atoms with Gasteiger partial charge < -0.3 is 15.5 Å². The van der Waals surface area contributed by atoms with Gasteiger partial charge in [-0.1, -0.05) is 34.1 Å². The summed E-state index contributed by atoms with van der Waals surface area (Å²) in [6.07, 6.45) is 1.61. The summed E-state index contributed by atoms with van der Waals surface area (Å²) in [6.45, 7) is 1.76. The molecule has 5 nitrogen and oxygen atoms in total. The molecule has 6 heteroatoms. The normalized spacial score (nSPS) is 10.3. The highest BCUT2D eigenvalue weighted by Crippen LogP contribution is 2.17. The Hall–Kier alpha value is -1.40. The molecule has 0 aliphatic carbocycles. The zero-order chi connectivity index (χ0) is 16.4. The van der Waals surface area contributed by atoms with Crippen molar-refractivity contribution in [3.63, 3.8) is 0 Å². The number of halogens is 1. The van der Waals surface area contributed by atoms with Crippen molar-refractivity contribution in [2.75, 3.05) is 27.2 Å². The minimum Gasteiger partial charge on any atom is -0.356 e. The third-order valence-electron chi connectivity index (χ3n) is 3.28. The Kier molecular flexibility index (Phi) is 8.77. The average molecular weight is 370 g/mol. The van der Waals surface area contributed by atoms with Crippen molar-refractivity contribution in [2.24, 2.45) is 0 Å². The average Bonchev–Trinajstić information content (AvgIpc) is 2.49. The number of carbonyl (C=O) groups is 2. The van der Waals surface area contributed by atoms with E-state index in [4.69, 9.17) is 0 Å². The smallest absolute Gasteiger partial charge is 0.224 e. The van der Waals surface area contributed by atoms with Gasteiger partial charge in [0.1, 0.15) is 0 Å². The van der Waals surface area contributed by atoms with E-state index in [1.807, 2.05) is 31.3 Å². The molecule has 22 heavy (non-hydrogen) atoms. The molecule has 0 aliphatic heterocycles. The Morgan fingerprint density at radius 3 is 2.59 bits per heavy atom. The van der Waals surface area contributed by atoms with Crippen LogP contribution in [0.3, 0.4) is 0 Å². The van der Waals surface area contributed by atoms with Crippen molar-refractivity contribution < 1.29 is 9.59 Å². The topological polar surface area (TPSA) is 61.4 Å². The Balaban J connectivity index is 2.27.